The average Bonchev–Trinajstić information content (AvgIpc) is 2.72. The lowest BCUT2D eigenvalue weighted by atomic mass is 9.83. The highest BCUT2D eigenvalue weighted by Crippen LogP contribution is 2.42. The first kappa shape index (κ1) is 23.7. The summed E-state index contributed by atoms with van der Waals surface area (Å²) in [6, 6.07) is -0.996. The quantitative estimate of drug-likeness (QED) is 0.211. The molecule has 3 unspecified atom stereocenters. The zero-order chi connectivity index (χ0) is 20.6. The Hall–Kier alpha value is -0.610. The molecule has 2 rings (SSSR count). The summed E-state index contributed by atoms with van der Waals surface area (Å²) < 4.78 is 33.9. The SMILES string of the molecule is CCCCOC1C=CC(S(=O)(=O)NC(C(=O)NO)C2(SC)CCCCC2)CC1. The number of carbonyl (C=O) groups excluding carboxylic acids is 1. The first-order chi connectivity index (χ1) is 13.4. The molecule has 0 aromatic heterocycles. The molecule has 1 amide bonds. The zero-order valence-corrected chi connectivity index (χ0v) is 18.5. The van der Waals surface area contributed by atoms with Crippen molar-refractivity contribution in [3.8, 4) is 0 Å². The Bertz CT molecular complexity index is 632. The third-order valence-corrected chi connectivity index (χ3v) is 9.00. The summed E-state index contributed by atoms with van der Waals surface area (Å²) in [4.78, 5) is 12.4. The van der Waals surface area contributed by atoms with Crippen molar-refractivity contribution in [1.29, 1.82) is 0 Å². The molecule has 2 aliphatic rings. The van der Waals surface area contributed by atoms with Crippen LogP contribution in [-0.2, 0) is 19.6 Å². The smallest absolute Gasteiger partial charge is 0.262 e. The molecule has 1 saturated carbocycles. The number of hydrogen-bond acceptors (Lipinski definition) is 6. The van der Waals surface area contributed by atoms with Crippen LogP contribution < -0.4 is 10.2 Å². The van der Waals surface area contributed by atoms with E-state index < -0.39 is 32.0 Å². The van der Waals surface area contributed by atoms with Crippen molar-refractivity contribution < 1.29 is 23.2 Å². The van der Waals surface area contributed by atoms with Crippen molar-refractivity contribution in [3.63, 3.8) is 0 Å². The molecule has 0 bridgehead atoms. The number of rotatable bonds is 10. The molecule has 0 radical (unpaired) electrons. The normalized spacial score (nSPS) is 26.0. The van der Waals surface area contributed by atoms with Crippen LogP contribution in [0, 0.1) is 0 Å². The topological polar surface area (TPSA) is 105 Å². The van der Waals surface area contributed by atoms with Crippen molar-refractivity contribution in [1.82, 2.24) is 10.2 Å². The van der Waals surface area contributed by atoms with E-state index in [2.05, 4.69) is 11.6 Å². The summed E-state index contributed by atoms with van der Waals surface area (Å²) in [5.41, 5.74) is 1.67. The molecule has 3 atom stereocenters. The maximum absolute atomic E-state index is 13.0. The van der Waals surface area contributed by atoms with Gasteiger partial charge in [-0.15, -0.1) is 0 Å². The number of hydroxylamine groups is 1. The Kier molecular flexibility index (Phi) is 9.27. The third-order valence-electron chi connectivity index (χ3n) is 5.79. The first-order valence-electron chi connectivity index (χ1n) is 10.2. The minimum Gasteiger partial charge on any atom is -0.374 e. The average molecular weight is 435 g/mol. The lowest BCUT2D eigenvalue weighted by Gasteiger charge is -2.41. The summed E-state index contributed by atoms with van der Waals surface area (Å²) >= 11 is 1.51. The fourth-order valence-electron chi connectivity index (χ4n) is 4.02. The van der Waals surface area contributed by atoms with Gasteiger partial charge in [0.2, 0.25) is 10.0 Å². The monoisotopic (exact) mass is 434 g/mol. The van der Waals surface area contributed by atoms with Gasteiger partial charge in [-0.3, -0.25) is 10.0 Å². The van der Waals surface area contributed by atoms with Gasteiger partial charge in [0.1, 0.15) is 6.04 Å². The van der Waals surface area contributed by atoms with Gasteiger partial charge in [0.05, 0.1) is 11.4 Å². The Morgan fingerprint density at radius 2 is 2.00 bits per heavy atom. The Labute approximate surface area is 173 Å². The van der Waals surface area contributed by atoms with Crippen LogP contribution in [0.3, 0.4) is 0 Å². The lowest BCUT2D eigenvalue weighted by Crippen LogP contribution is -2.60. The van der Waals surface area contributed by atoms with Gasteiger partial charge in [-0.2, -0.15) is 11.8 Å². The minimum absolute atomic E-state index is 0.0505. The molecule has 2 aliphatic carbocycles. The number of amides is 1. The van der Waals surface area contributed by atoms with Gasteiger partial charge in [0.25, 0.3) is 5.91 Å². The Balaban J connectivity index is 2.10. The number of unbranched alkanes of at least 4 members (excludes halogenated alkanes) is 1. The van der Waals surface area contributed by atoms with Crippen molar-refractivity contribution in [2.75, 3.05) is 12.9 Å². The van der Waals surface area contributed by atoms with E-state index in [1.54, 1.807) is 11.6 Å². The maximum Gasteiger partial charge on any atom is 0.262 e. The largest absolute Gasteiger partial charge is 0.374 e. The summed E-state index contributed by atoms with van der Waals surface area (Å²) in [6.45, 7) is 2.77. The summed E-state index contributed by atoms with van der Waals surface area (Å²) in [7, 11) is -3.76. The van der Waals surface area contributed by atoms with Gasteiger partial charge in [0, 0.05) is 11.4 Å². The van der Waals surface area contributed by atoms with Gasteiger partial charge in [-0.05, 0) is 38.4 Å². The second kappa shape index (κ2) is 11.0. The van der Waals surface area contributed by atoms with Crippen molar-refractivity contribution in [2.45, 2.75) is 86.9 Å². The Morgan fingerprint density at radius 1 is 1.29 bits per heavy atom. The van der Waals surface area contributed by atoms with Crippen LogP contribution in [0.25, 0.3) is 0 Å². The summed E-state index contributed by atoms with van der Waals surface area (Å²) in [5, 5.41) is 8.52. The van der Waals surface area contributed by atoms with E-state index in [9.17, 15) is 18.4 Å². The molecule has 0 saturated heterocycles. The highest BCUT2D eigenvalue weighted by molar-refractivity contribution is 8.00. The molecular formula is C19H34N2O5S2. The predicted octanol–water partition coefficient (Wildman–Crippen LogP) is 2.75. The van der Waals surface area contributed by atoms with E-state index in [0.29, 0.717) is 19.4 Å². The number of thioether (sulfide) groups is 1. The lowest BCUT2D eigenvalue weighted by molar-refractivity contribution is -0.132. The number of sulfonamides is 1. The maximum atomic E-state index is 13.0. The number of hydrogen-bond donors (Lipinski definition) is 3. The van der Waals surface area contributed by atoms with Crippen LogP contribution in [0.2, 0.25) is 0 Å². The third kappa shape index (κ3) is 5.95. The molecule has 0 aliphatic heterocycles. The molecule has 9 heteroatoms. The molecule has 0 heterocycles. The van der Waals surface area contributed by atoms with Crippen LogP contribution in [0.1, 0.15) is 64.7 Å². The molecule has 0 aromatic rings. The molecule has 0 aromatic carbocycles. The molecule has 1 fully saturated rings. The van der Waals surface area contributed by atoms with Crippen LogP contribution in [0.5, 0.6) is 0 Å². The fourth-order valence-corrected chi connectivity index (χ4v) is 6.78. The number of ether oxygens (including phenoxy) is 1. The van der Waals surface area contributed by atoms with Gasteiger partial charge < -0.3 is 4.74 Å². The van der Waals surface area contributed by atoms with E-state index >= 15 is 0 Å². The zero-order valence-electron chi connectivity index (χ0n) is 16.9. The Morgan fingerprint density at radius 3 is 2.54 bits per heavy atom. The molecule has 0 spiro atoms. The van der Waals surface area contributed by atoms with Gasteiger partial charge in [-0.1, -0.05) is 44.8 Å². The van der Waals surface area contributed by atoms with Gasteiger partial charge in [0.15, 0.2) is 0 Å². The van der Waals surface area contributed by atoms with Crippen LogP contribution in [-0.4, -0.2) is 54.5 Å². The second-order valence-corrected chi connectivity index (χ2v) is 10.8. The minimum atomic E-state index is -3.76. The standard InChI is InChI=1S/C19H34N2O5S2/c1-3-4-14-26-15-8-10-16(11-9-15)28(24,25)21-17(18(22)20-23)19(27-2)12-6-5-7-13-19/h8,10,15-17,21,23H,3-7,9,11-14H2,1-2H3,(H,20,22). The number of nitrogens with one attached hydrogen (secondary N) is 2. The summed E-state index contributed by atoms with van der Waals surface area (Å²) in [5.74, 6) is -0.694. The van der Waals surface area contributed by atoms with E-state index in [4.69, 9.17) is 4.74 Å². The second-order valence-electron chi connectivity index (χ2n) is 7.66. The predicted molar refractivity (Wildman–Crippen MR) is 112 cm³/mol. The van der Waals surface area contributed by atoms with Crippen LogP contribution >= 0.6 is 11.8 Å². The molecule has 3 N–H and O–H groups in total. The molecule has 7 nitrogen and oxygen atoms in total. The van der Waals surface area contributed by atoms with E-state index in [1.165, 1.54) is 11.8 Å². The van der Waals surface area contributed by atoms with Crippen LogP contribution in [0.15, 0.2) is 12.2 Å². The van der Waals surface area contributed by atoms with E-state index in [-0.39, 0.29) is 6.10 Å². The number of carbonyl (C=O) groups is 1. The van der Waals surface area contributed by atoms with Gasteiger partial charge in [-0.25, -0.2) is 18.6 Å². The molecule has 162 valence electrons. The first-order valence-corrected chi connectivity index (χ1v) is 13.0. The van der Waals surface area contributed by atoms with Crippen molar-refractivity contribution in [3.05, 3.63) is 12.2 Å². The van der Waals surface area contributed by atoms with Gasteiger partial charge >= 0.3 is 0 Å². The molecule has 28 heavy (non-hydrogen) atoms. The van der Waals surface area contributed by atoms with Crippen molar-refractivity contribution >= 4 is 27.7 Å². The van der Waals surface area contributed by atoms with E-state index in [0.717, 1.165) is 44.9 Å². The van der Waals surface area contributed by atoms with Crippen LogP contribution in [0.4, 0.5) is 0 Å². The highest BCUT2D eigenvalue weighted by Gasteiger charge is 2.46. The fraction of sp³-hybridized carbons (Fsp3) is 0.842. The summed E-state index contributed by atoms with van der Waals surface area (Å²) in [6.07, 6.45) is 12.9. The highest BCUT2D eigenvalue weighted by atomic mass is 32.2. The molecular weight excluding hydrogens is 400 g/mol. The van der Waals surface area contributed by atoms with E-state index in [1.807, 2.05) is 12.3 Å². The van der Waals surface area contributed by atoms with Crippen molar-refractivity contribution in [2.24, 2.45) is 0 Å².